The molecular weight excluding hydrogens is 182 g/mol. The zero-order valence-corrected chi connectivity index (χ0v) is 10.7. The average molecular weight is 209 g/mol. The van der Waals surface area contributed by atoms with E-state index in [-0.39, 0.29) is 0 Å². The minimum atomic E-state index is 0.924. The van der Waals surface area contributed by atoms with Crippen LogP contribution in [0.5, 0.6) is 0 Å². The summed E-state index contributed by atoms with van der Waals surface area (Å²) in [6.07, 6.45) is 7.43. The lowest BCUT2D eigenvalue weighted by Crippen LogP contribution is -2.26. The molecule has 1 aliphatic carbocycles. The van der Waals surface area contributed by atoms with Crippen molar-refractivity contribution in [2.24, 2.45) is 23.7 Å². The topological polar surface area (TPSA) is 3.24 Å². The molecule has 4 atom stereocenters. The highest BCUT2D eigenvalue weighted by Crippen LogP contribution is 2.39. The van der Waals surface area contributed by atoms with Crippen LogP contribution in [0.3, 0.4) is 0 Å². The first kappa shape index (κ1) is 11.4. The molecule has 0 amide bonds. The van der Waals surface area contributed by atoms with Gasteiger partial charge in [0.2, 0.25) is 0 Å². The summed E-state index contributed by atoms with van der Waals surface area (Å²) in [4.78, 5) is 2.54. The van der Waals surface area contributed by atoms with Gasteiger partial charge in [-0.05, 0) is 56.5 Å². The Labute approximate surface area is 95.2 Å². The van der Waals surface area contributed by atoms with Crippen molar-refractivity contribution in [3.63, 3.8) is 0 Å². The SMILES string of the molecule is CC1CCC2CCN(C)CC(C)C2CC1. The van der Waals surface area contributed by atoms with E-state index in [9.17, 15) is 0 Å². The fourth-order valence-corrected chi connectivity index (χ4v) is 3.78. The third kappa shape index (κ3) is 2.75. The number of likely N-dealkylation sites (tertiary alicyclic amines) is 1. The third-order valence-electron chi connectivity index (χ3n) is 4.84. The first-order valence-electron chi connectivity index (χ1n) is 6.85. The van der Waals surface area contributed by atoms with Gasteiger partial charge in [0.05, 0.1) is 0 Å². The molecular formula is C14H27N. The molecule has 1 saturated heterocycles. The predicted octanol–water partition coefficient (Wildman–Crippen LogP) is 3.40. The molecule has 2 rings (SSSR count). The maximum absolute atomic E-state index is 2.54. The Kier molecular flexibility index (Phi) is 3.71. The maximum atomic E-state index is 2.54. The van der Waals surface area contributed by atoms with Crippen LogP contribution < -0.4 is 0 Å². The molecule has 0 bridgehead atoms. The second-order valence-corrected chi connectivity index (χ2v) is 6.21. The van der Waals surface area contributed by atoms with Crippen LogP contribution in [0.1, 0.15) is 46.0 Å². The van der Waals surface area contributed by atoms with Crippen LogP contribution in [-0.4, -0.2) is 25.0 Å². The lowest BCUT2D eigenvalue weighted by atomic mass is 9.78. The fourth-order valence-electron chi connectivity index (χ4n) is 3.78. The summed E-state index contributed by atoms with van der Waals surface area (Å²) >= 11 is 0. The molecule has 2 aliphatic rings. The van der Waals surface area contributed by atoms with Gasteiger partial charge in [0.15, 0.2) is 0 Å². The average Bonchev–Trinajstić information content (AvgIpc) is 2.43. The zero-order chi connectivity index (χ0) is 10.8. The van der Waals surface area contributed by atoms with Crippen LogP contribution in [0.2, 0.25) is 0 Å². The largest absolute Gasteiger partial charge is 0.306 e. The van der Waals surface area contributed by atoms with Crippen LogP contribution in [0, 0.1) is 23.7 Å². The van der Waals surface area contributed by atoms with E-state index in [1.165, 1.54) is 45.2 Å². The molecule has 0 spiro atoms. The van der Waals surface area contributed by atoms with Crippen LogP contribution >= 0.6 is 0 Å². The predicted molar refractivity (Wildman–Crippen MR) is 65.9 cm³/mol. The molecule has 1 aliphatic heterocycles. The van der Waals surface area contributed by atoms with E-state index in [1.54, 1.807) is 0 Å². The smallest absolute Gasteiger partial charge is 0.000672 e. The summed E-state index contributed by atoms with van der Waals surface area (Å²) in [5, 5.41) is 0. The van der Waals surface area contributed by atoms with Gasteiger partial charge in [-0.3, -0.25) is 0 Å². The van der Waals surface area contributed by atoms with Crippen molar-refractivity contribution >= 4 is 0 Å². The monoisotopic (exact) mass is 209 g/mol. The van der Waals surface area contributed by atoms with Gasteiger partial charge in [0.25, 0.3) is 0 Å². The fraction of sp³-hybridized carbons (Fsp3) is 1.00. The number of hydrogen-bond acceptors (Lipinski definition) is 1. The van der Waals surface area contributed by atoms with E-state index in [0.29, 0.717) is 0 Å². The third-order valence-corrected chi connectivity index (χ3v) is 4.84. The Balaban J connectivity index is 2.04. The minimum Gasteiger partial charge on any atom is -0.306 e. The van der Waals surface area contributed by atoms with Crippen molar-refractivity contribution < 1.29 is 0 Å². The van der Waals surface area contributed by atoms with Crippen LogP contribution in [0.25, 0.3) is 0 Å². The zero-order valence-electron chi connectivity index (χ0n) is 10.7. The Hall–Kier alpha value is -0.0400. The van der Waals surface area contributed by atoms with E-state index in [2.05, 4.69) is 25.8 Å². The highest BCUT2D eigenvalue weighted by atomic mass is 15.1. The molecule has 1 nitrogen and oxygen atoms in total. The Morgan fingerprint density at radius 1 is 0.933 bits per heavy atom. The van der Waals surface area contributed by atoms with E-state index in [1.807, 2.05) is 0 Å². The molecule has 0 aromatic carbocycles. The first-order valence-corrected chi connectivity index (χ1v) is 6.85. The summed E-state index contributed by atoms with van der Waals surface area (Å²) in [7, 11) is 2.30. The summed E-state index contributed by atoms with van der Waals surface area (Å²) in [6.45, 7) is 7.59. The standard InChI is InChI=1S/C14H27N/c1-11-4-6-13-8-9-15(3)10-12(2)14(13)7-5-11/h11-14H,4-10H2,1-3H3. The minimum absolute atomic E-state index is 0.924. The van der Waals surface area contributed by atoms with E-state index < -0.39 is 0 Å². The second-order valence-electron chi connectivity index (χ2n) is 6.21. The van der Waals surface area contributed by atoms with Gasteiger partial charge < -0.3 is 4.90 Å². The number of rotatable bonds is 0. The van der Waals surface area contributed by atoms with Crippen molar-refractivity contribution in [1.82, 2.24) is 4.90 Å². The first-order chi connectivity index (χ1) is 7.16. The lowest BCUT2D eigenvalue weighted by molar-refractivity contribution is 0.225. The van der Waals surface area contributed by atoms with Crippen molar-refractivity contribution in [1.29, 1.82) is 0 Å². The second kappa shape index (κ2) is 4.86. The molecule has 1 saturated carbocycles. The normalized spacial score (nSPS) is 44.2. The molecule has 1 heterocycles. The molecule has 2 fully saturated rings. The number of fused-ring (bicyclic) bond motifs is 1. The van der Waals surface area contributed by atoms with Crippen LogP contribution in [0.4, 0.5) is 0 Å². The van der Waals surface area contributed by atoms with Crippen molar-refractivity contribution in [2.75, 3.05) is 20.1 Å². The molecule has 0 aromatic heterocycles. The Morgan fingerprint density at radius 2 is 1.67 bits per heavy atom. The van der Waals surface area contributed by atoms with E-state index in [0.717, 1.165) is 23.7 Å². The molecule has 88 valence electrons. The van der Waals surface area contributed by atoms with Gasteiger partial charge in [-0.25, -0.2) is 0 Å². The molecule has 1 heteroatoms. The number of nitrogens with zero attached hydrogens (tertiary/aromatic N) is 1. The summed E-state index contributed by atoms with van der Waals surface area (Å²) in [5.74, 6) is 3.98. The molecule has 4 unspecified atom stereocenters. The Morgan fingerprint density at radius 3 is 2.47 bits per heavy atom. The molecule has 0 N–H and O–H groups in total. The van der Waals surface area contributed by atoms with Crippen molar-refractivity contribution in [3.05, 3.63) is 0 Å². The van der Waals surface area contributed by atoms with E-state index >= 15 is 0 Å². The summed E-state index contributed by atoms with van der Waals surface area (Å²) in [6, 6.07) is 0. The highest BCUT2D eigenvalue weighted by molar-refractivity contribution is 4.84. The lowest BCUT2D eigenvalue weighted by Gasteiger charge is -2.27. The van der Waals surface area contributed by atoms with Gasteiger partial charge >= 0.3 is 0 Å². The van der Waals surface area contributed by atoms with Gasteiger partial charge in [-0.1, -0.05) is 26.7 Å². The highest BCUT2D eigenvalue weighted by Gasteiger charge is 2.32. The molecule has 15 heavy (non-hydrogen) atoms. The number of hydrogen-bond donors (Lipinski definition) is 0. The van der Waals surface area contributed by atoms with Gasteiger partial charge in [-0.2, -0.15) is 0 Å². The van der Waals surface area contributed by atoms with Gasteiger partial charge in [0.1, 0.15) is 0 Å². The summed E-state index contributed by atoms with van der Waals surface area (Å²) < 4.78 is 0. The van der Waals surface area contributed by atoms with Crippen molar-refractivity contribution in [2.45, 2.75) is 46.0 Å². The molecule has 0 aromatic rings. The van der Waals surface area contributed by atoms with Crippen molar-refractivity contribution in [3.8, 4) is 0 Å². The molecule has 0 radical (unpaired) electrons. The summed E-state index contributed by atoms with van der Waals surface area (Å²) in [5.41, 5.74) is 0. The van der Waals surface area contributed by atoms with Crippen LogP contribution in [0.15, 0.2) is 0 Å². The Bertz CT molecular complexity index is 200. The van der Waals surface area contributed by atoms with Crippen LogP contribution in [-0.2, 0) is 0 Å². The maximum Gasteiger partial charge on any atom is 0.000672 e. The quantitative estimate of drug-likeness (QED) is 0.591. The van der Waals surface area contributed by atoms with Gasteiger partial charge in [0, 0.05) is 6.54 Å². The van der Waals surface area contributed by atoms with E-state index in [4.69, 9.17) is 0 Å². The van der Waals surface area contributed by atoms with Gasteiger partial charge in [-0.15, -0.1) is 0 Å².